The van der Waals surface area contributed by atoms with Gasteiger partial charge in [0.05, 0.1) is 17.8 Å². The lowest BCUT2D eigenvalue weighted by molar-refractivity contribution is -0.275. The van der Waals surface area contributed by atoms with Crippen LogP contribution < -0.4 is 5.32 Å². The lowest BCUT2D eigenvalue weighted by Gasteiger charge is -2.49. The van der Waals surface area contributed by atoms with Gasteiger partial charge in [-0.15, -0.1) is 0 Å². The van der Waals surface area contributed by atoms with Crippen LogP contribution in [-0.2, 0) is 5.41 Å². The van der Waals surface area contributed by atoms with E-state index in [0.717, 1.165) is 0 Å². The minimum Gasteiger partial charge on any atom is -0.508 e. The van der Waals surface area contributed by atoms with E-state index in [1.807, 2.05) is 0 Å². The van der Waals surface area contributed by atoms with Crippen molar-refractivity contribution in [3.63, 3.8) is 0 Å². The quantitative estimate of drug-likeness (QED) is 0.463. The van der Waals surface area contributed by atoms with Gasteiger partial charge in [0.1, 0.15) is 5.75 Å². The van der Waals surface area contributed by atoms with Crippen molar-refractivity contribution in [2.75, 3.05) is 5.32 Å². The van der Waals surface area contributed by atoms with Crippen molar-refractivity contribution in [2.45, 2.75) is 43.5 Å². The Hall–Kier alpha value is -2.45. The molecule has 1 heterocycles. The fourth-order valence-corrected chi connectivity index (χ4v) is 4.63. The Bertz CT molecular complexity index is 1100. The van der Waals surface area contributed by atoms with E-state index in [9.17, 15) is 23.4 Å². The summed E-state index contributed by atoms with van der Waals surface area (Å²) in [5, 5.41) is 31.7. The van der Waals surface area contributed by atoms with Gasteiger partial charge < -0.3 is 15.5 Å². The van der Waals surface area contributed by atoms with Gasteiger partial charge >= 0.3 is 6.18 Å². The van der Waals surface area contributed by atoms with Crippen LogP contribution in [0.3, 0.4) is 0 Å². The molecule has 0 aliphatic heterocycles. The number of hydrogen-bond acceptors (Lipinski definition) is 4. The summed E-state index contributed by atoms with van der Waals surface area (Å²) >= 11 is 6.06. The number of nitrogens with zero attached hydrogens (tertiary/aromatic N) is 1. The number of hydrogen-bond donors (Lipinski definition) is 4. The van der Waals surface area contributed by atoms with E-state index in [1.54, 1.807) is 32.0 Å². The second-order valence-corrected chi connectivity index (χ2v) is 8.52. The number of alkyl halides is 3. The van der Waals surface area contributed by atoms with E-state index in [4.69, 9.17) is 11.6 Å². The predicted molar refractivity (Wildman–Crippen MR) is 104 cm³/mol. The largest absolute Gasteiger partial charge is 0.508 e. The number of nitrogens with one attached hydrogen (secondary N) is 2. The smallest absolute Gasteiger partial charge is 0.419 e. The Labute approximate surface area is 169 Å². The Morgan fingerprint density at radius 3 is 2.69 bits per heavy atom. The third-order valence-corrected chi connectivity index (χ3v) is 5.78. The molecule has 2 unspecified atom stereocenters. The number of halogens is 4. The molecule has 1 aromatic heterocycles. The zero-order valence-electron chi connectivity index (χ0n) is 15.6. The van der Waals surface area contributed by atoms with Crippen molar-refractivity contribution >= 4 is 28.2 Å². The number of H-pyrrole nitrogens is 1. The molecule has 2 aromatic carbocycles. The van der Waals surface area contributed by atoms with Gasteiger partial charge in [0.25, 0.3) is 0 Å². The molecular weight excluding hydrogens is 407 g/mol. The molecule has 1 aliphatic carbocycles. The summed E-state index contributed by atoms with van der Waals surface area (Å²) in [6.07, 6.45) is -4.07. The zero-order chi connectivity index (χ0) is 21.2. The van der Waals surface area contributed by atoms with E-state index in [0.29, 0.717) is 22.2 Å². The lowest BCUT2D eigenvalue weighted by atomic mass is 9.63. The number of aromatic hydroxyl groups is 1. The number of anilines is 1. The van der Waals surface area contributed by atoms with Gasteiger partial charge in [-0.2, -0.15) is 18.3 Å². The van der Waals surface area contributed by atoms with Crippen LogP contribution in [0.25, 0.3) is 10.9 Å². The highest BCUT2D eigenvalue weighted by Crippen LogP contribution is 2.56. The number of aromatic amines is 1. The molecule has 4 rings (SSSR count). The van der Waals surface area contributed by atoms with Crippen LogP contribution in [0.2, 0.25) is 5.02 Å². The number of benzene rings is 2. The molecular formula is C20H19ClF3N3O2. The molecule has 0 bridgehead atoms. The second-order valence-electron chi connectivity index (χ2n) is 8.09. The van der Waals surface area contributed by atoms with E-state index in [1.165, 1.54) is 18.3 Å². The van der Waals surface area contributed by atoms with Gasteiger partial charge in [-0.25, -0.2) is 0 Å². The van der Waals surface area contributed by atoms with Crippen LogP contribution in [0.4, 0.5) is 18.9 Å². The summed E-state index contributed by atoms with van der Waals surface area (Å²) in [5.74, 6) is -0.199. The first-order chi connectivity index (χ1) is 13.4. The molecule has 3 aromatic rings. The van der Waals surface area contributed by atoms with E-state index >= 15 is 0 Å². The van der Waals surface area contributed by atoms with Gasteiger partial charge in [0.2, 0.25) is 0 Å². The Kier molecular flexibility index (Phi) is 4.29. The standard InChI is InChI=1S/C20H19ClF3N3O2/c1-18(2)9-19(29,20(22,23)24)17(11-6-10(21)7-15(28)16(11)18)26-13-4-3-5-14-12(13)8-25-27-14/h3-8,17,26,28-29H,9H2,1-2H3,(H,25,27). The third-order valence-electron chi connectivity index (χ3n) is 5.57. The fourth-order valence-electron chi connectivity index (χ4n) is 4.41. The molecule has 1 aliphatic rings. The number of phenolic OH excluding ortho intramolecular Hbond substituents is 1. The van der Waals surface area contributed by atoms with Crippen LogP contribution in [0, 0.1) is 0 Å². The molecule has 4 N–H and O–H groups in total. The maximum atomic E-state index is 14.2. The summed E-state index contributed by atoms with van der Waals surface area (Å²) in [6.45, 7) is 3.12. The second kappa shape index (κ2) is 6.27. The maximum Gasteiger partial charge on any atom is 0.419 e. The number of aromatic nitrogens is 2. The minimum atomic E-state index is -4.93. The highest BCUT2D eigenvalue weighted by Gasteiger charge is 2.64. The molecule has 0 spiro atoms. The SMILES string of the molecule is CC1(C)CC(O)(C(F)(F)F)C(Nc2cccc3[nH]ncc23)c2cc(Cl)cc(O)c21. The van der Waals surface area contributed by atoms with Crippen LogP contribution >= 0.6 is 11.6 Å². The minimum absolute atomic E-state index is 0.0804. The van der Waals surface area contributed by atoms with Crippen LogP contribution in [0.1, 0.15) is 37.4 Å². The van der Waals surface area contributed by atoms with Crippen molar-refractivity contribution in [2.24, 2.45) is 0 Å². The number of phenols is 1. The maximum absolute atomic E-state index is 14.2. The van der Waals surface area contributed by atoms with Crippen molar-refractivity contribution < 1.29 is 23.4 Å². The monoisotopic (exact) mass is 425 g/mol. The predicted octanol–water partition coefficient (Wildman–Crippen LogP) is 5.05. The highest BCUT2D eigenvalue weighted by molar-refractivity contribution is 6.30. The summed E-state index contributed by atoms with van der Waals surface area (Å²) in [5.41, 5.74) is -2.80. The number of rotatable bonds is 2. The summed E-state index contributed by atoms with van der Waals surface area (Å²) in [6, 6.07) is 6.09. The van der Waals surface area contributed by atoms with E-state index in [2.05, 4.69) is 15.5 Å². The Balaban J connectivity index is 1.96. The van der Waals surface area contributed by atoms with Crippen molar-refractivity contribution in [3.8, 4) is 5.75 Å². The van der Waals surface area contributed by atoms with Crippen LogP contribution in [0.15, 0.2) is 36.5 Å². The fraction of sp³-hybridized carbons (Fsp3) is 0.350. The molecule has 0 saturated carbocycles. The topological polar surface area (TPSA) is 81.2 Å². The molecule has 0 fully saturated rings. The number of fused-ring (bicyclic) bond motifs is 2. The first kappa shape index (κ1) is 19.8. The van der Waals surface area contributed by atoms with Gasteiger partial charge in [0, 0.05) is 21.7 Å². The van der Waals surface area contributed by atoms with E-state index in [-0.39, 0.29) is 16.3 Å². The van der Waals surface area contributed by atoms with Gasteiger partial charge in [-0.1, -0.05) is 31.5 Å². The Morgan fingerprint density at radius 2 is 2.00 bits per heavy atom. The summed E-state index contributed by atoms with van der Waals surface area (Å²) in [7, 11) is 0. The first-order valence-electron chi connectivity index (χ1n) is 8.95. The lowest BCUT2D eigenvalue weighted by Crippen LogP contribution is -2.58. The molecule has 0 amide bonds. The molecule has 0 saturated heterocycles. The first-order valence-corrected chi connectivity index (χ1v) is 9.32. The molecule has 5 nitrogen and oxygen atoms in total. The molecule has 154 valence electrons. The van der Waals surface area contributed by atoms with E-state index < -0.39 is 29.7 Å². The van der Waals surface area contributed by atoms with Gasteiger partial charge in [-0.3, -0.25) is 5.10 Å². The summed E-state index contributed by atoms with van der Waals surface area (Å²) in [4.78, 5) is 0. The zero-order valence-corrected chi connectivity index (χ0v) is 16.4. The average Bonchev–Trinajstić information content (AvgIpc) is 3.05. The molecule has 2 atom stereocenters. The molecule has 0 radical (unpaired) electrons. The van der Waals surface area contributed by atoms with Gasteiger partial charge in [-0.05, 0) is 41.7 Å². The molecule has 9 heteroatoms. The van der Waals surface area contributed by atoms with Crippen LogP contribution in [-0.4, -0.2) is 32.2 Å². The summed E-state index contributed by atoms with van der Waals surface area (Å²) < 4.78 is 42.5. The third kappa shape index (κ3) is 3.02. The van der Waals surface area contributed by atoms with Crippen molar-refractivity contribution in [3.05, 3.63) is 52.7 Å². The Morgan fingerprint density at radius 1 is 1.28 bits per heavy atom. The van der Waals surface area contributed by atoms with Crippen LogP contribution in [0.5, 0.6) is 5.75 Å². The average molecular weight is 426 g/mol. The number of aliphatic hydroxyl groups is 1. The highest BCUT2D eigenvalue weighted by atomic mass is 35.5. The molecule has 29 heavy (non-hydrogen) atoms. The normalized spacial score (nSPS) is 23.8. The van der Waals surface area contributed by atoms with Crippen molar-refractivity contribution in [1.29, 1.82) is 0 Å². The van der Waals surface area contributed by atoms with Crippen molar-refractivity contribution in [1.82, 2.24) is 10.2 Å². The van der Waals surface area contributed by atoms with Gasteiger partial charge in [0.15, 0.2) is 5.60 Å².